The Hall–Kier alpha value is -3.02. The molecule has 0 radical (unpaired) electrons. The molecule has 3 rings (SSSR count). The van der Waals surface area contributed by atoms with Crippen LogP contribution in [0.4, 0.5) is 4.79 Å². The van der Waals surface area contributed by atoms with Crippen molar-refractivity contribution in [1.82, 2.24) is 4.90 Å². The molecule has 2 aromatic rings. The highest BCUT2D eigenvalue weighted by atomic mass is 16.6. The zero-order valence-corrected chi connectivity index (χ0v) is 13.6. The molecule has 0 bridgehead atoms. The summed E-state index contributed by atoms with van der Waals surface area (Å²) in [6.07, 6.45) is 0.139. The van der Waals surface area contributed by atoms with E-state index >= 15 is 0 Å². The molecule has 1 fully saturated rings. The Balaban J connectivity index is 1.50. The van der Waals surface area contributed by atoms with Gasteiger partial charge in [-0.1, -0.05) is 36.4 Å². The van der Waals surface area contributed by atoms with E-state index in [1.54, 1.807) is 17.0 Å². The van der Waals surface area contributed by atoms with Crippen LogP contribution in [0.2, 0.25) is 0 Å². The van der Waals surface area contributed by atoms with Gasteiger partial charge in [-0.05, 0) is 23.8 Å². The summed E-state index contributed by atoms with van der Waals surface area (Å²) in [6.45, 7) is 1.21. The molecule has 0 saturated carbocycles. The number of likely N-dealkylation sites (tertiary alicyclic amines) is 1. The number of carboxylic acid groups (broad SMARTS) is 1. The van der Waals surface area contributed by atoms with Gasteiger partial charge in [0.1, 0.15) is 18.5 Å². The summed E-state index contributed by atoms with van der Waals surface area (Å²) in [4.78, 5) is 24.7. The van der Waals surface area contributed by atoms with Gasteiger partial charge >= 0.3 is 12.1 Å². The van der Waals surface area contributed by atoms with Gasteiger partial charge in [0.25, 0.3) is 0 Å². The van der Waals surface area contributed by atoms with Gasteiger partial charge in [0.05, 0.1) is 12.1 Å². The second-order valence-corrected chi connectivity index (χ2v) is 5.85. The highest BCUT2D eigenvalue weighted by Gasteiger charge is 2.28. The molecule has 1 unspecified atom stereocenters. The van der Waals surface area contributed by atoms with Crippen molar-refractivity contribution in [2.24, 2.45) is 0 Å². The smallest absolute Gasteiger partial charge is 0.410 e. The van der Waals surface area contributed by atoms with Crippen molar-refractivity contribution in [3.8, 4) is 5.75 Å². The molecule has 1 amide bonds. The highest BCUT2D eigenvalue weighted by molar-refractivity contribution is 5.88. The van der Waals surface area contributed by atoms with Crippen molar-refractivity contribution < 1.29 is 24.2 Å². The lowest BCUT2D eigenvalue weighted by Crippen LogP contribution is -2.31. The largest absolute Gasteiger partial charge is 0.488 e. The average Bonchev–Trinajstić information content (AvgIpc) is 3.09. The maximum atomic E-state index is 12.1. The predicted molar refractivity (Wildman–Crippen MR) is 90.6 cm³/mol. The van der Waals surface area contributed by atoms with Gasteiger partial charge < -0.3 is 19.5 Å². The van der Waals surface area contributed by atoms with E-state index in [0.717, 1.165) is 5.56 Å². The number of hydrogen-bond acceptors (Lipinski definition) is 4. The van der Waals surface area contributed by atoms with Crippen LogP contribution in [0, 0.1) is 0 Å². The van der Waals surface area contributed by atoms with Gasteiger partial charge in [-0.3, -0.25) is 0 Å². The number of amides is 1. The molecule has 0 aromatic heterocycles. The minimum atomic E-state index is -0.997. The number of carboxylic acids is 1. The first-order chi connectivity index (χ1) is 12.1. The summed E-state index contributed by atoms with van der Waals surface area (Å²) in [5.41, 5.74) is 1.11. The molecule has 0 spiro atoms. The molecule has 25 heavy (non-hydrogen) atoms. The van der Waals surface area contributed by atoms with Gasteiger partial charge in [-0.25, -0.2) is 9.59 Å². The lowest BCUT2D eigenvalue weighted by molar-refractivity contribution is 0.0696. The van der Waals surface area contributed by atoms with Crippen LogP contribution in [0.15, 0.2) is 54.6 Å². The molecular formula is C19H19NO5. The molecule has 1 saturated heterocycles. The molecule has 1 aliphatic rings. The van der Waals surface area contributed by atoms with E-state index < -0.39 is 5.97 Å². The molecule has 0 aliphatic carbocycles. The van der Waals surface area contributed by atoms with Crippen molar-refractivity contribution in [2.45, 2.75) is 19.1 Å². The molecule has 1 aliphatic heterocycles. The van der Waals surface area contributed by atoms with Crippen LogP contribution in [0.1, 0.15) is 22.3 Å². The zero-order chi connectivity index (χ0) is 17.6. The van der Waals surface area contributed by atoms with Gasteiger partial charge in [-0.15, -0.1) is 0 Å². The van der Waals surface area contributed by atoms with E-state index in [0.29, 0.717) is 25.3 Å². The SMILES string of the molecule is O=C(O)c1cccc(OC2CCN(C(=O)OCc3ccccc3)C2)c1. The van der Waals surface area contributed by atoms with E-state index in [2.05, 4.69) is 0 Å². The number of carbonyl (C=O) groups is 2. The number of ether oxygens (including phenoxy) is 2. The molecule has 1 heterocycles. The lowest BCUT2D eigenvalue weighted by atomic mass is 10.2. The number of nitrogens with zero attached hydrogens (tertiary/aromatic N) is 1. The summed E-state index contributed by atoms with van der Waals surface area (Å²) in [7, 11) is 0. The maximum absolute atomic E-state index is 12.1. The first kappa shape index (κ1) is 16.8. The van der Waals surface area contributed by atoms with Crippen LogP contribution in [0.5, 0.6) is 5.75 Å². The third kappa shape index (κ3) is 4.50. The van der Waals surface area contributed by atoms with Gasteiger partial charge in [0.2, 0.25) is 0 Å². The van der Waals surface area contributed by atoms with Crippen LogP contribution in [-0.4, -0.2) is 41.3 Å². The average molecular weight is 341 g/mol. The number of benzene rings is 2. The van der Waals surface area contributed by atoms with Crippen molar-refractivity contribution >= 4 is 12.1 Å². The zero-order valence-electron chi connectivity index (χ0n) is 13.6. The van der Waals surface area contributed by atoms with Crippen LogP contribution in [0.25, 0.3) is 0 Å². The number of carbonyl (C=O) groups excluding carboxylic acids is 1. The Morgan fingerprint density at radius 1 is 1.12 bits per heavy atom. The molecule has 2 aromatic carbocycles. The van der Waals surface area contributed by atoms with Gasteiger partial charge in [-0.2, -0.15) is 0 Å². The fourth-order valence-corrected chi connectivity index (χ4v) is 2.70. The molecule has 6 nitrogen and oxygen atoms in total. The summed E-state index contributed by atoms with van der Waals surface area (Å²) in [5, 5.41) is 9.01. The number of hydrogen-bond donors (Lipinski definition) is 1. The van der Waals surface area contributed by atoms with Crippen molar-refractivity contribution in [1.29, 1.82) is 0 Å². The van der Waals surface area contributed by atoms with Crippen molar-refractivity contribution in [3.63, 3.8) is 0 Å². The molecule has 1 N–H and O–H groups in total. The van der Waals surface area contributed by atoms with Crippen molar-refractivity contribution in [3.05, 3.63) is 65.7 Å². The van der Waals surface area contributed by atoms with Crippen LogP contribution < -0.4 is 4.74 Å². The van der Waals surface area contributed by atoms with E-state index in [1.165, 1.54) is 12.1 Å². The van der Waals surface area contributed by atoms with E-state index in [9.17, 15) is 9.59 Å². The molecular weight excluding hydrogens is 322 g/mol. The maximum Gasteiger partial charge on any atom is 0.410 e. The van der Waals surface area contributed by atoms with Crippen LogP contribution >= 0.6 is 0 Å². The first-order valence-electron chi connectivity index (χ1n) is 8.07. The summed E-state index contributed by atoms with van der Waals surface area (Å²) >= 11 is 0. The third-order valence-electron chi connectivity index (χ3n) is 3.99. The standard InChI is InChI=1S/C19H19NO5/c21-18(22)15-7-4-8-16(11-15)25-17-9-10-20(12-17)19(23)24-13-14-5-2-1-3-6-14/h1-8,11,17H,9-10,12-13H2,(H,21,22). The summed E-state index contributed by atoms with van der Waals surface area (Å²) in [5.74, 6) is -0.507. The summed E-state index contributed by atoms with van der Waals surface area (Å²) in [6, 6.07) is 15.9. The van der Waals surface area contributed by atoms with E-state index in [-0.39, 0.29) is 24.4 Å². The Labute approximate surface area is 145 Å². The summed E-state index contributed by atoms with van der Waals surface area (Å²) < 4.78 is 11.1. The Kier molecular flexibility index (Phi) is 5.18. The van der Waals surface area contributed by atoms with Crippen molar-refractivity contribution in [2.75, 3.05) is 13.1 Å². The molecule has 130 valence electrons. The third-order valence-corrected chi connectivity index (χ3v) is 3.99. The predicted octanol–water partition coefficient (Wildman–Crippen LogP) is 3.17. The van der Waals surface area contributed by atoms with E-state index in [1.807, 2.05) is 30.3 Å². The topological polar surface area (TPSA) is 76.1 Å². The minimum Gasteiger partial charge on any atom is -0.488 e. The number of rotatable bonds is 5. The van der Waals surface area contributed by atoms with E-state index in [4.69, 9.17) is 14.6 Å². The van der Waals surface area contributed by atoms with Gasteiger partial charge in [0.15, 0.2) is 0 Å². The first-order valence-corrected chi connectivity index (χ1v) is 8.07. The Morgan fingerprint density at radius 3 is 2.68 bits per heavy atom. The lowest BCUT2D eigenvalue weighted by Gasteiger charge is -2.17. The molecule has 6 heteroatoms. The fourth-order valence-electron chi connectivity index (χ4n) is 2.70. The second-order valence-electron chi connectivity index (χ2n) is 5.85. The van der Waals surface area contributed by atoms with Crippen LogP contribution in [0.3, 0.4) is 0 Å². The second kappa shape index (κ2) is 7.70. The fraction of sp³-hybridized carbons (Fsp3) is 0.263. The quantitative estimate of drug-likeness (QED) is 0.904. The molecule has 1 atom stereocenters. The Morgan fingerprint density at radius 2 is 1.92 bits per heavy atom. The minimum absolute atomic E-state index is 0.173. The number of aromatic carboxylic acids is 1. The normalized spacial score (nSPS) is 16.5. The monoisotopic (exact) mass is 341 g/mol. The van der Waals surface area contributed by atoms with Gasteiger partial charge in [0, 0.05) is 13.0 Å². The van der Waals surface area contributed by atoms with Crippen LogP contribution in [-0.2, 0) is 11.3 Å². The highest BCUT2D eigenvalue weighted by Crippen LogP contribution is 2.20. The Bertz CT molecular complexity index is 746.